The number of carbonyl (C=O) groups excluding carboxylic acids is 1. The Bertz CT molecular complexity index is 1230. The van der Waals surface area contributed by atoms with Crippen LogP contribution in [-0.2, 0) is 17.8 Å². The number of aromatic nitrogens is 1. The van der Waals surface area contributed by atoms with Crippen molar-refractivity contribution in [2.45, 2.75) is 19.1 Å². The summed E-state index contributed by atoms with van der Waals surface area (Å²) in [6.07, 6.45) is 0.935. The third-order valence-corrected chi connectivity index (χ3v) is 5.81. The van der Waals surface area contributed by atoms with Crippen LogP contribution in [0.5, 0.6) is 5.75 Å². The van der Waals surface area contributed by atoms with E-state index < -0.39 is 0 Å². The Kier molecular flexibility index (Phi) is 5.18. The van der Waals surface area contributed by atoms with E-state index in [1.165, 1.54) is 18.1 Å². The summed E-state index contributed by atoms with van der Waals surface area (Å²) in [6, 6.07) is 24.0. The molecule has 2 N–H and O–H groups in total. The van der Waals surface area contributed by atoms with Gasteiger partial charge in [-0.1, -0.05) is 42.5 Å². The molecule has 5 nitrogen and oxygen atoms in total. The Morgan fingerprint density at radius 2 is 1.90 bits per heavy atom. The van der Waals surface area contributed by atoms with Crippen LogP contribution in [0.3, 0.4) is 0 Å². The number of hydrogen-bond acceptors (Lipinski definition) is 4. The van der Waals surface area contributed by atoms with Gasteiger partial charge in [-0.2, -0.15) is 0 Å². The van der Waals surface area contributed by atoms with Gasteiger partial charge in [-0.3, -0.25) is 0 Å². The van der Waals surface area contributed by atoms with Gasteiger partial charge in [-0.15, -0.1) is 0 Å². The number of nitrogens with one attached hydrogen (secondary N) is 2. The summed E-state index contributed by atoms with van der Waals surface area (Å²) in [5, 5.41) is 4.77. The summed E-state index contributed by atoms with van der Waals surface area (Å²) in [7, 11) is 1.40. The maximum Gasteiger partial charge on any atom is 0.337 e. The largest absolute Gasteiger partial charge is 0.489 e. The van der Waals surface area contributed by atoms with Gasteiger partial charge in [0.25, 0.3) is 0 Å². The number of hydrogen-bond donors (Lipinski definition) is 2. The second-order valence-electron chi connectivity index (χ2n) is 7.75. The SMILES string of the molecule is COC(=O)c1cccc(C2NCCc3c2[nH]c2ccc(OCc4ccccc4)cc32)c1. The molecule has 1 atom stereocenters. The van der Waals surface area contributed by atoms with E-state index in [0.717, 1.165) is 41.1 Å². The van der Waals surface area contributed by atoms with Gasteiger partial charge in [0.05, 0.1) is 18.7 Å². The minimum atomic E-state index is -0.324. The highest BCUT2D eigenvalue weighted by molar-refractivity contribution is 5.90. The van der Waals surface area contributed by atoms with Crippen molar-refractivity contribution in [1.29, 1.82) is 0 Å². The molecule has 0 saturated carbocycles. The lowest BCUT2D eigenvalue weighted by atomic mass is 9.93. The molecule has 3 aromatic carbocycles. The number of aromatic amines is 1. The van der Waals surface area contributed by atoms with E-state index in [9.17, 15) is 4.79 Å². The molecule has 1 aromatic heterocycles. The molecular formula is C26H24N2O3. The van der Waals surface area contributed by atoms with Gasteiger partial charge in [0.1, 0.15) is 12.4 Å². The summed E-state index contributed by atoms with van der Waals surface area (Å²) in [4.78, 5) is 15.6. The highest BCUT2D eigenvalue weighted by Gasteiger charge is 2.26. The first-order chi connectivity index (χ1) is 15.2. The van der Waals surface area contributed by atoms with Crippen LogP contribution in [0.15, 0.2) is 72.8 Å². The number of ether oxygens (including phenoxy) is 2. The van der Waals surface area contributed by atoms with Gasteiger partial charge < -0.3 is 19.8 Å². The molecule has 156 valence electrons. The first-order valence-corrected chi connectivity index (χ1v) is 10.5. The molecule has 0 aliphatic carbocycles. The molecule has 1 aliphatic heterocycles. The average molecular weight is 412 g/mol. The minimum absolute atomic E-state index is 0.00515. The van der Waals surface area contributed by atoms with Gasteiger partial charge in [0.15, 0.2) is 0 Å². The molecule has 0 amide bonds. The molecule has 4 aromatic rings. The van der Waals surface area contributed by atoms with Crippen molar-refractivity contribution >= 4 is 16.9 Å². The number of methoxy groups -OCH3 is 1. The molecule has 0 saturated heterocycles. The zero-order valence-corrected chi connectivity index (χ0v) is 17.4. The predicted octanol–water partition coefficient (Wildman–Crippen LogP) is 4.77. The Morgan fingerprint density at radius 1 is 1.03 bits per heavy atom. The standard InChI is InChI=1S/C26H24N2O3/c1-30-26(29)19-9-5-8-18(14-19)24-25-21(12-13-27-24)22-15-20(10-11-23(22)28-25)31-16-17-6-3-2-4-7-17/h2-11,14-15,24,27-28H,12-13,16H2,1H3. The van der Waals surface area contributed by atoms with Crippen LogP contribution in [0.25, 0.3) is 10.9 Å². The van der Waals surface area contributed by atoms with Gasteiger partial charge in [-0.25, -0.2) is 4.79 Å². The number of fused-ring (bicyclic) bond motifs is 3. The quantitative estimate of drug-likeness (QED) is 0.464. The zero-order chi connectivity index (χ0) is 21.2. The highest BCUT2D eigenvalue weighted by atomic mass is 16.5. The van der Waals surface area contributed by atoms with E-state index in [2.05, 4.69) is 34.6 Å². The van der Waals surface area contributed by atoms with E-state index >= 15 is 0 Å². The normalized spacial score (nSPS) is 15.5. The number of esters is 1. The van der Waals surface area contributed by atoms with Crippen LogP contribution in [0.2, 0.25) is 0 Å². The van der Waals surface area contributed by atoms with Crippen molar-refractivity contribution in [3.05, 3.63) is 101 Å². The van der Waals surface area contributed by atoms with Gasteiger partial charge >= 0.3 is 5.97 Å². The van der Waals surface area contributed by atoms with Crippen LogP contribution < -0.4 is 10.1 Å². The fraction of sp³-hybridized carbons (Fsp3) is 0.192. The molecule has 31 heavy (non-hydrogen) atoms. The van der Waals surface area contributed by atoms with E-state index in [0.29, 0.717) is 12.2 Å². The molecule has 5 heteroatoms. The molecule has 2 heterocycles. The van der Waals surface area contributed by atoms with E-state index in [-0.39, 0.29) is 12.0 Å². The van der Waals surface area contributed by atoms with Crippen LogP contribution >= 0.6 is 0 Å². The van der Waals surface area contributed by atoms with Crippen LogP contribution in [0.1, 0.15) is 38.8 Å². The Labute approximate surface area is 181 Å². The molecule has 0 radical (unpaired) electrons. The van der Waals surface area contributed by atoms with Crippen LogP contribution in [0.4, 0.5) is 0 Å². The third-order valence-electron chi connectivity index (χ3n) is 5.81. The lowest BCUT2D eigenvalue weighted by molar-refractivity contribution is 0.0600. The lowest BCUT2D eigenvalue weighted by Crippen LogP contribution is -2.30. The van der Waals surface area contributed by atoms with Crippen molar-refractivity contribution in [1.82, 2.24) is 10.3 Å². The summed E-state index contributed by atoms with van der Waals surface area (Å²) < 4.78 is 10.9. The maximum atomic E-state index is 12.0. The van der Waals surface area contributed by atoms with Crippen molar-refractivity contribution in [2.24, 2.45) is 0 Å². The molecule has 0 fully saturated rings. The summed E-state index contributed by atoms with van der Waals surface area (Å²) in [5.41, 5.74) is 6.27. The third kappa shape index (κ3) is 3.80. The molecule has 1 aliphatic rings. The number of carbonyl (C=O) groups is 1. The molecule has 5 rings (SSSR count). The summed E-state index contributed by atoms with van der Waals surface area (Å²) in [5.74, 6) is 0.538. The minimum Gasteiger partial charge on any atom is -0.489 e. The summed E-state index contributed by atoms with van der Waals surface area (Å²) in [6.45, 7) is 1.41. The fourth-order valence-electron chi connectivity index (χ4n) is 4.29. The smallest absolute Gasteiger partial charge is 0.337 e. The van der Waals surface area contributed by atoms with Crippen LogP contribution in [0, 0.1) is 0 Å². The summed E-state index contributed by atoms with van der Waals surface area (Å²) >= 11 is 0. The second-order valence-corrected chi connectivity index (χ2v) is 7.75. The topological polar surface area (TPSA) is 63.3 Å². The Morgan fingerprint density at radius 3 is 2.74 bits per heavy atom. The zero-order valence-electron chi connectivity index (χ0n) is 17.4. The van der Waals surface area contributed by atoms with Crippen molar-refractivity contribution in [3.63, 3.8) is 0 Å². The molecule has 1 unspecified atom stereocenters. The number of H-pyrrole nitrogens is 1. The molecule has 0 bridgehead atoms. The van der Waals surface area contributed by atoms with E-state index in [1.54, 1.807) is 6.07 Å². The first kappa shape index (κ1) is 19.4. The maximum absolute atomic E-state index is 12.0. The Balaban J connectivity index is 1.46. The van der Waals surface area contributed by atoms with Gasteiger partial charge in [0, 0.05) is 23.1 Å². The molecule has 0 spiro atoms. The first-order valence-electron chi connectivity index (χ1n) is 10.5. The van der Waals surface area contributed by atoms with Crippen molar-refractivity contribution < 1.29 is 14.3 Å². The van der Waals surface area contributed by atoms with Crippen molar-refractivity contribution in [2.75, 3.05) is 13.7 Å². The number of rotatable bonds is 5. The van der Waals surface area contributed by atoms with Crippen molar-refractivity contribution in [3.8, 4) is 5.75 Å². The number of benzene rings is 3. The molecular weight excluding hydrogens is 388 g/mol. The second kappa shape index (κ2) is 8.28. The Hall–Kier alpha value is -3.57. The predicted molar refractivity (Wildman–Crippen MR) is 120 cm³/mol. The van der Waals surface area contributed by atoms with E-state index in [4.69, 9.17) is 9.47 Å². The van der Waals surface area contributed by atoms with E-state index in [1.807, 2.05) is 42.5 Å². The fourth-order valence-corrected chi connectivity index (χ4v) is 4.29. The van der Waals surface area contributed by atoms with Gasteiger partial charge in [0.2, 0.25) is 0 Å². The van der Waals surface area contributed by atoms with Gasteiger partial charge in [-0.05, 0) is 53.4 Å². The lowest BCUT2D eigenvalue weighted by Gasteiger charge is -2.25. The monoisotopic (exact) mass is 412 g/mol. The average Bonchev–Trinajstić information content (AvgIpc) is 3.21. The van der Waals surface area contributed by atoms with Crippen LogP contribution in [-0.4, -0.2) is 24.6 Å². The highest BCUT2D eigenvalue weighted by Crippen LogP contribution is 2.35.